The van der Waals surface area contributed by atoms with Gasteiger partial charge in [-0.3, -0.25) is 4.79 Å². The SMILES string of the molecule is CC1C2OC(=O)C3CCCCC3C2CC2C1OC(C)(C)C[C@@H]2O. The molecule has 4 rings (SSSR count). The van der Waals surface area contributed by atoms with E-state index in [0.717, 1.165) is 25.7 Å². The molecule has 0 amide bonds. The Kier molecular flexibility index (Phi) is 3.77. The van der Waals surface area contributed by atoms with Crippen LogP contribution in [0, 0.1) is 29.6 Å². The molecule has 2 saturated heterocycles. The number of esters is 1. The lowest BCUT2D eigenvalue weighted by Gasteiger charge is -2.56. The standard InChI is InChI=1S/C19H30O4/c1-10-16-13(11-6-4-5-7-12(11)18(21)22-16)8-14-15(20)9-19(2,3)23-17(10)14/h10-17,20H,4-9H2,1-3H3/t10?,11?,12?,13?,14?,15-,16?,17?/m0/s1. The number of fused-ring (bicyclic) bond motifs is 4. The molecule has 2 heterocycles. The highest BCUT2D eigenvalue weighted by molar-refractivity contribution is 5.74. The highest BCUT2D eigenvalue weighted by atomic mass is 16.6. The molecule has 4 aliphatic rings. The Morgan fingerprint density at radius 2 is 1.83 bits per heavy atom. The Morgan fingerprint density at radius 3 is 2.61 bits per heavy atom. The molecule has 8 atom stereocenters. The van der Waals surface area contributed by atoms with Crippen molar-refractivity contribution in [1.29, 1.82) is 0 Å². The monoisotopic (exact) mass is 322 g/mol. The number of aliphatic hydroxyl groups is 1. The van der Waals surface area contributed by atoms with Gasteiger partial charge in [-0.05, 0) is 39.0 Å². The van der Waals surface area contributed by atoms with Gasteiger partial charge in [0.05, 0.1) is 23.7 Å². The minimum Gasteiger partial charge on any atom is -0.461 e. The summed E-state index contributed by atoms with van der Waals surface area (Å²) in [6.07, 6.45) is 5.84. The lowest BCUT2D eigenvalue weighted by Crippen LogP contribution is -2.62. The van der Waals surface area contributed by atoms with E-state index < -0.39 is 0 Å². The molecule has 0 aromatic carbocycles. The first-order valence-electron chi connectivity index (χ1n) is 9.44. The Balaban J connectivity index is 1.62. The molecule has 0 bridgehead atoms. The molecule has 2 saturated carbocycles. The summed E-state index contributed by atoms with van der Waals surface area (Å²) >= 11 is 0. The van der Waals surface area contributed by atoms with Gasteiger partial charge in [0.1, 0.15) is 6.10 Å². The Morgan fingerprint density at radius 1 is 1.09 bits per heavy atom. The normalized spacial score (nSPS) is 51.9. The predicted octanol–water partition coefficient (Wildman–Crippen LogP) is 2.92. The summed E-state index contributed by atoms with van der Waals surface area (Å²) in [5.74, 6) is 1.36. The minimum atomic E-state index is -0.299. The van der Waals surface area contributed by atoms with Crippen LogP contribution in [0.2, 0.25) is 0 Å². The maximum atomic E-state index is 12.5. The van der Waals surface area contributed by atoms with Crippen molar-refractivity contribution < 1.29 is 19.4 Å². The third-order valence-electron chi connectivity index (χ3n) is 7.00. The van der Waals surface area contributed by atoms with Gasteiger partial charge in [0.2, 0.25) is 0 Å². The largest absolute Gasteiger partial charge is 0.461 e. The van der Waals surface area contributed by atoms with Gasteiger partial charge in [-0.2, -0.15) is 0 Å². The van der Waals surface area contributed by atoms with Crippen molar-refractivity contribution in [2.45, 2.75) is 83.2 Å². The molecular formula is C19H30O4. The van der Waals surface area contributed by atoms with E-state index in [0.29, 0.717) is 18.3 Å². The third kappa shape index (κ3) is 2.53. The lowest BCUT2D eigenvalue weighted by molar-refractivity contribution is -0.249. The number of ether oxygens (including phenoxy) is 2. The summed E-state index contributed by atoms with van der Waals surface area (Å²) in [4.78, 5) is 12.5. The van der Waals surface area contributed by atoms with Crippen molar-refractivity contribution in [3.63, 3.8) is 0 Å². The first-order valence-corrected chi connectivity index (χ1v) is 9.44. The number of hydrogen-bond acceptors (Lipinski definition) is 4. The maximum Gasteiger partial charge on any atom is 0.309 e. The van der Waals surface area contributed by atoms with Crippen LogP contribution in [-0.2, 0) is 14.3 Å². The summed E-state index contributed by atoms with van der Waals surface area (Å²) in [6, 6.07) is 0. The van der Waals surface area contributed by atoms with Crippen LogP contribution in [0.25, 0.3) is 0 Å². The van der Waals surface area contributed by atoms with Crippen LogP contribution in [0.4, 0.5) is 0 Å². The fourth-order valence-electron chi connectivity index (χ4n) is 5.99. The van der Waals surface area contributed by atoms with Crippen molar-refractivity contribution in [2.75, 3.05) is 0 Å². The van der Waals surface area contributed by atoms with Crippen LogP contribution in [0.3, 0.4) is 0 Å². The highest BCUT2D eigenvalue weighted by Gasteiger charge is 2.57. The van der Waals surface area contributed by atoms with Gasteiger partial charge in [0, 0.05) is 24.2 Å². The van der Waals surface area contributed by atoms with E-state index in [2.05, 4.69) is 20.8 Å². The molecule has 4 heteroatoms. The second-order valence-electron chi connectivity index (χ2n) is 8.99. The van der Waals surface area contributed by atoms with Crippen LogP contribution in [0.5, 0.6) is 0 Å². The van der Waals surface area contributed by atoms with E-state index in [4.69, 9.17) is 9.47 Å². The number of aliphatic hydroxyl groups excluding tert-OH is 1. The van der Waals surface area contributed by atoms with E-state index >= 15 is 0 Å². The van der Waals surface area contributed by atoms with Crippen molar-refractivity contribution >= 4 is 5.97 Å². The van der Waals surface area contributed by atoms with E-state index in [1.807, 2.05) is 0 Å². The Hall–Kier alpha value is -0.610. The average Bonchev–Trinajstić information content (AvgIpc) is 2.49. The molecule has 4 fully saturated rings. The van der Waals surface area contributed by atoms with E-state index in [1.54, 1.807) is 0 Å². The molecule has 23 heavy (non-hydrogen) atoms. The van der Waals surface area contributed by atoms with Crippen LogP contribution in [0.15, 0.2) is 0 Å². The summed E-state index contributed by atoms with van der Waals surface area (Å²) < 4.78 is 12.3. The van der Waals surface area contributed by atoms with Gasteiger partial charge in [0.15, 0.2) is 0 Å². The van der Waals surface area contributed by atoms with Gasteiger partial charge >= 0.3 is 5.97 Å². The van der Waals surface area contributed by atoms with Crippen LogP contribution in [-0.4, -0.2) is 35.0 Å². The van der Waals surface area contributed by atoms with Crippen molar-refractivity contribution in [2.24, 2.45) is 29.6 Å². The molecular weight excluding hydrogens is 292 g/mol. The van der Waals surface area contributed by atoms with Crippen molar-refractivity contribution in [1.82, 2.24) is 0 Å². The molecule has 2 aliphatic carbocycles. The summed E-state index contributed by atoms with van der Waals surface area (Å²) in [5.41, 5.74) is -0.298. The average molecular weight is 322 g/mol. The van der Waals surface area contributed by atoms with E-state index in [9.17, 15) is 9.90 Å². The number of hydrogen-bond donors (Lipinski definition) is 1. The Bertz CT molecular complexity index is 488. The topological polar surface area (TPSA) is 55.8 Å². The molecule has 0 aromatic heterocycles. The fraction of sp³-hybridized carbons (Fsp3) is 0.947. The summed E-state index contributed by atoms with van der Waals surface area (Å²) in [7, 11) is 0. The van der Waals surface area contributed by atoms with Gasteiger partial charge in [0.25, 0.3) is 0 Å². The van der Waals surface area contributed by atoms with Crippen molar-refractivity contribution in [3.05, 3.63) is 0 Å². The highest BCUT2D eigenvalue weighted by Crippen LogP contribution is 2.53. The van der Waals surface area contributed by atoms with Gasteiger partial charge in [-0.1, -0.05) is 19.8 Å². The number of carbonyl (C=O) groups excluding carboxylic acids is 1. The molecule has 4 nitrogen and oxygen atoms in total. The van der Waals surface area contributed by atoms with Crippen LogP contribution >= 0.6 is 0 Å². The summed E-state index contributed by atoms with van der Waals surface area (Å²) in [6.45, 7) is 6.25. The number of rotatable bonds is 0. The fourth-order valence-corrected chi connectivity index (χ4v) is 5.99. The van der Waals surface area contributed by atoms with Gasteiger partial charge in [-0.25, -0.2) is 0 Å². The maximum absolute atomic E-state index is 12.5. The van der Waals surface area contributed by atoms with Crippen LogP contribution < -0.4 is 0 Å². The lowest BCUT2D eigenvalue weighted by atomic mass is 9.58. The molecule has 1 N–H and O–H groups in total. The van der Waals surface area contributed by atoms with Crippen LogP contribution in [0.1, 0.15) is 59.3 Å². The zero-order valence-corrected chi connectivity index (χ0v) is 14.5. The Labute approximate surface area is 138 Å². The second-order valence-corrected chi connectivity index (χ2v) is 8.99. The first kappa shape index (κ1) is 15.9. The minimum absolute atomic E-state index is 0.00272. The first-order chi connectivity index (χ1) is 10.9. The van der Waals surface area contributed by atoms with Gasteiger partial charge in [-0.15, -0.1) is 0 Å². The quantitative estimate of drug-likeness (QED) is 0.697. The zero-order valence-electron chi connectivity index (χ0n) is 14.5. The molecule has 2 aliphatic heterocycles. The smallest absolute Gasteiger partial charge is 0.309 e. The number of carbonyl (C=O) groups is 1. The van der Waals surface area contributed by atoms with Gasteiger partial charge < -0.3 is 14.6 Å². The second kappa shape index (κ2) is 5.45. The predicted molar refractivity (Wildman–Crippen MR) is 85.7 cm³/mol. The molecule has 130 valence electrons. The molecule has 0 aromatic rings. The molecule has 7 unspecified atom stereocenters. The molecule has 0 spiro atoms. The zero-order chi connectivity index (χ0) is 16.4. The van der Waals surface area contributed by atoms with Crippen molar-refractivity contribution in [3.8, 4) is 0 Å². The van der Waals surface area contributed by atoms with E-state index in [1.165, 1.54) is 6.42 Å². The molecule has 0 radical (unpaired) electrons. The van der Waals surface area contributed by atoms with E-state index in [-0.39, 0.29) is 47.6 Å². The third-order valence-corrected chi connectivity index (χ3v) is 7.00. The summed E-state index contributed by atoms with van der Waals surface area (Å²) in [5, 5.41) is 10.7.